The number of carbonyl (C=O) groups is 1. The van der Waals surface area contributed by atoms with Crippen molar-refractivity contribution in [2.75, 3.05) is 13.1 Å². The largest absolute Gasteiger partial charge is 0.445 e. The normalized spacial score (nSPS) is 15.1. The molecular formula is C12H12N2O2. The van der Waals surface area contributed by atoms with Crippen LogP contribution in [-0.2, 0) is 11.3 Å². The SMILES string of the molecule is N#CC1CN(C(=O)OCc2ccccc2)C1. The van der Waals surface area contributed by atoms with Gasteiger partial charge in [0.15, 0.2) is 0 Å². The van der Waals surface area contributed by atoms with Crippen LogP contribution < -0.4 is 0 Å². The molecular weight excluding hydrogens is 204 g/mol. The van der Waals surface area contributed by atoms with Crippen molar-refractivity contribution in [1.82, 2.24) is 4.90 Å². The van der Waals surface area contributed by atoms with Crippen LogP contribution in [-0.4, -0.2) is 24.1 Å². The van der Waals surface area contributed by atoms with Gasteiger partial charge in [-0.25, -0.2) is 4.79 Å². The molecule has 1 saturated heterocycles. The number of nitrogens with zero attached hydrogens (tertiary/aromatic N) is 2. The Morgan fingerprint density at radius 3 is 2.75 bits per heavy atom. The van der Waals surface area contributed by atoms with Crippen LogP contribution in [0.2, 0.25) is 0 Å². The van der Waals surface area contributed by atoms with Crippen molar-refractivity contribution in [3.63, 3.8) is 0 Å². The third-order valence-corrected chi connectivity index (χ3v) is 2.53. The first-order valence-corrected chi connectivity index (χ1v) is 5.15. The third-order valence-electron chi connectivity index (χ3n) is 2.53. The van der Waals surface area contributed by atoms with Gasteiger partial charge in [-0.1, -0.05) is 30.3 Å². The van der Waals surface area contributed by atoms with Gasteiger partial charge in [-0.15, -0.1) is 0 Å². The van der Waals surface area contributed by atoms with Crippen LogP contribution in [0.1, 0.15) is 5.56 Å². The quantitative estimate of drug-likeness (QED) is 0.757. The Labute approximate surface area is 94.0 Å². The minimum Gasteiger partial charge on any atom is -0.445 e. The summed E-state index contributed by atoms with van der Waals surface area (Å²) < 4.78 is 5.10. The van der Waals surface area contributed by atoms with Gasteiger partial charge in [0.25, 0.3) is 0 Å². The number of amides is 1. The van der Waals surface area contributed by atoms with Crippen LogP contribution in [0, 0.1) is 17.2 Å². The van der Waals surface area contributed by atoms with Crippen molar-refractivity contribution in [1.29, 1.82) is 5.26 Å². The molecule has 4 heteroatoms. The van der Waals surface area contributed by atoms with Gasteiger partial charge in [0, 0.05) is 13.1 Å². The second-order valence-electron chi connectivity index (χ2n) is 3.77. The van der Waals surface area contributed by atoms with Gasteiger partial charge < -0.3 is 9.64 Å². The van der Waals surface area contributed by atoms with Gasteiger partial charge in [-0.05, 0) is 5.56 Å². The zero-order valence-electron chi connectivity index (χ0n) is 8.80. The predicted octanol–water partition coefficient (Wildman–Crippen LogP) is 1.78. The lowest BCUT2D eigenvalue weighted by molar-refractivity contribution is 0.0620. The summed E-state index contributed by atoms with van der Waals surface area (Å²) in [6, 6.07) is 11.6. The molecule has 1 aromatic rings. The highest BCUT2D eigenvalue weighted by molar-refractivity contribution is 5.68. The lowest BCUT2D eigenvalue weighted by Gasteiger charge is -2.34. The molecule has 82 valence electrons. The van der Waals surface area contributed by atoms with E-state index in [2.05, 4.69) is 6.07 Å². The molecule has 1 fully saturated rings. The molecule has 0 bridgehead atoms. The Hall–Kier alpha value is -2.02. The number of hydrogen-bond acceptors (Lipinski definition) is 3. The molecule has 1 aliphatic heterocycles. The van der Waals surface area contributed by atoms with Gasteiger partial charge in [-0.2, -0.15) is 5.26 Å². The first-order valence-electron chi connectivity index (χ1n) is 5.15. The van der Waals surface area contributed by atoms with Gasteiger partial charge >= 0.3 is 6.09 Å². The van der Waals surface area contributed by atoms with E-state index in [0.717, 1.165) is 5.56 Å². The number of carbonyl (C=O) groups excluding carboxylic acids is 1. The molecule has 0 aliphatic carbocycles. The van der Waals surface area contributed by atoms with Gasteiger partial charge in [-0.3, -0.25) is 0 Å². The summed E-state index contributed by atoms with van der Waals surface area (Å²) in [5, 5.41) is 8.56. The fraction of sp³-hybridized carbons (Fsp3) is 0.333. The molecule has 4 nitrogen and oxygen atoms in total. The molecule has 16 heavy (non-hydrogen) atoms. The second-order valence-corrected chi connectivity index (χ2v) is 3.77. The number of likely N-dealkylation sites (tertiary alicyclic amines) is 1. The van der Waals surface area contributed by atoms with E-state index in [4.69, 9.17) is 10.00 Å². The maximum absolute atomic E-state index is 11.5. The number of ether oxygens (including phenoxy) is 1. The molecule has 0 unspecified atom stereocenters. The number of rotatable bonds is 2. The monoisotopic (exact) mass is 216 g/mol. The van der Waals surface area contributed by atoms with Crippen LogP contribution in [0.5, 0.6) is 0 Å². The highest BCUT2D eigenvalue weighted by Crippen LogP contribution is 2.15. The molecule has 0 spiro atoms. The average Bonchev–Trinajstić information content (AvgIpc) is 2.26. The van der Waals surface area contributed by atoms with Crippen LogP contribution in [0.15, 0.2) is 30.3 Å². The smallest absolute Gasteiger partial charge is 0.410 e. The Bertz CT molecular complexity index is 405. The minimum absolute atomic E-state index is 0.0238. The molecule has 0 radical (unpaired) electrons. The minimum atomic E-state index is -0.338. The van der Waals surface area contributed by atoms with E-state index in [-0.39, 0.29) is 18.6 Å². The average molecular weight is 216 g/mol. The van der Waals surface area contributed by atoms with Gasteiger partial charge in [0.2, 0.25) is 0 Å². The van der Waals surface area contributed by atoms with E-state index in [1.54, 1.807) is 0 Å². The molecule has 1 aromatic carbocycles. The maximum atomic E-state index is 11.5. The zero-order valence-corrected chi connectivity index (χ0v) is 8.80. The summed E-state index contributed by atoms with van der Waals surface area (Å²) in [4.78, 5) is 13.0. The fourth-order valence-electron chi connectivity index (χ4n) is 1.52. The molecule has 1 aliphatic rings. The summed E-state index contributed by atoms with van der Waals surface area (Å²) in [6.45, 7) is 1.27. The topological polar surface area (TPSA) is 53.3 Å². The van der Waals surface area contributed by atoms with Crippen molar-refractivity contribution < 1.29 is 9.53 Å². The zero-order chi connectivity index (χ0) is 11.4. The fourth-order valence-corrected chi connectivity index (χ4v) is 1.52. The molecule has 1 heterocycles. The van der Waals surface area contributed by atoms with Crippen LogP contribution >= 0.6 is 0 Å². The van der Waals surface area contributed by atoms with E-state index in [9.17, 15) is 4.79 Å². The highest BCUT2D eigenvalue weighted by atomic mass is 16.6. The molecule has 0 atom stereocenters. The van der Waals surface area contributed by atoms with Gasteiger partial charge in [0.05, 0.1) is 12.0 Å². The van der Waals surface area contributed by atoms with Crippen molar-refractivity contribution in [3.8, 4) is 6.07 Å². The van der Waals surface area contributed by atoms with Crippen LogP contribution in [0.25, 0.3) is 0 Å². The Kier molecular flexibility index (Phi) is 3.06. The summed E-state index contributed by atoms with van der Waals surface area (Å²) in [7, 11) is 0. The van der Waals surface area contributed by atoms with E-state index >= 15 is 0 Å². The standard InChI is InChI=1S/C12H12N2O2/c13-6-11-7-14(8-11)12(15)16-9-10-4-2-1-3-5-10/h1-5,11H,7-9H2. The second kappa shape index (κ2) is 4.67. The lowest BCUT2D eigenvalue weighted by Crippen LogP contribution is -2.49. The number of nitriles is 1. The van der Waals surface area contributed by atoms with Crippen molar-refractivity contribution in [2.45, 2.75) is 6.61 Å². The van der Waals surface area contributed by atoms with E-state index < -0.39 is 0 Å². The highest BCUT2D eigenvalue weighted by Gasteiger charge is 2.31. The van der Waals surface area contributed by atoms with Crippen LogP contribution in [0.4, 0.5) is 4.79 Å². The Balaban J connectivity index is 1.76. The first-order chi connectivity index (χ1) is 7.79. The number of benzene rings is 1. The Morgan fingerprint density at radius 2 is 2.12 bits per heavy atom. The number of hydrogen-bond donors (Lipinski definition) is 0. The van der Waals surface area contributed by atoms with Crippen molar-refractivity contribution in [2.24, 2.45) is 5.92 Å². The summed E-state index contributed by atoms with van der Waals surface area (Å²) in [5.41, 5.74) is 0.966. The predicted molar refractivity (Wildman–Crippen MR) is 57.3 cm³/mol. The third kappa shape index (κ3) is 2.31. The summed E-state index contributed by atoms with van der Waals surface area (Å²) in [6.07, 6.45) is -0.338. The van der Waals surface area contributed by atoms with Crippen molar-refractivity contribution >= 4 is 6.09 Å². The lowest BCUT2D eigenvalue weighted by atomic mass is 10.0. The van der Waals surface area contributed by atoms with E-state index in [0.29, 0.717) is 13.1 Å². The van der Waals surface area contributed by atoms with Crippen molar-refractivity contribution in [3.05, 3.63) is 35.9 Å². The molecule has 0 aromatic heterocycles. The van der Waals surface area contributed by atoms with E-state index in [1.165, 1.54) is 4.90 Å². The van der Waals surface area contributed by atoms with Crippen LogP contribution in [0.3, 0.4) is 0 Å². The molecule has 1 amide bonds. The van der Waals surface area contributed by atoms with E-state index in [1.807, 2.05) is 30.3 Å². The maximum Gasteiger partial charge on any atom is 0.410 e. The first kappa shape index (κ1) is 10.5. The summed E-state index contributed by atoms with van der Waals surface area (Å²) in [5.74, 6) is -0.0238. The molecule has 0 N–H and O–H groups in total. The molecule has 2 rings (SSSR count). The molecule has 0 saturated carbocycles. The summed E-state index contributed by atoms with van der Waals surface area (Å²) >= 11 is 0. The van der Waals surface area contributed by atoms with Gasteiger partial charge in [0.1, 0.15) is 6.61 Å². The Morgan fingerprint density at radius 1 is 1.44 bits per heavy atom.